The fourth-order valence-electron chi connectivity index (χ4n) is 2.10. The molecule has 1 atom stereocenters. The normalized spacial score (nSPS) is 21.1. The Morgan fingerprint density at radius 2 is 2.44 bits per heavy atom. The summed E-state index contributed by atoms with van der Waals surface area (Å²) in [6.07, 6.45) is 0. The Morgan fingerprint density at radius 1 is 1.56 bits per heavy atom. The van der Waals surface area contributed by atoms with E-state index in [0.29, 0.717) is 6.04 Å². The van der Waals surface area contributed by atoms with Gasteiger partial charge in [0.25, 0.3) is 0 Å². The van der Waals surface area contributed by atoms with E-state index in [1.165, 1.54) is 5.69 Å². The van der Waals surface area contributed by atoms with E-state index in [9.17, 15) is 0 Å². The van der Waals surface area contributed by atoms with Crippen LogP contribution < -0.4 is 10.2 Å². The zero-order chi connectivity index (χ0) is 11.4. The zero-order valence-corrected chi connectivity index (χ0v) is 10.2. The third-order valence-electron chi connectivity index (χ3n) is 2.85. The Hall–Kier alpha value is -0.770. The molecule has 1 aliphatic heterocycles. The van der Waals surface area contributed by atoms with E-state index < -0.39 is 0 Å². The second-order valence-electron chi connectivity index (χ2n) is 3.99. The van der Waals surface area contributed by atoms with Gasteiger partial charge in [-0.25, -0.2) is 0 Å². The van der Waals surface area contributed by atoms with Gasteiger partial charge < -0.3 is 15.0 Å². The highest BCUT2D eigenvalue weighted by molar-refractivity contribution is 6.30. The smallest absolute Gasteiger partial charge is 0.0678 e. The molecule has 1 aliphatic rings. The lowest BCUT2D eigenvalue weighted by molar-refractivity contribution is 0.170. The van der Waals surface area contributed by atoms with Crippen molar-refractivity contribution >= 4 is 17.3 Å². The van der Waals surface area contributed by atoms with E-state index in [1.54, 1.807) is 7.11 Å². The second-order valence-corrected chi connectivity index (χ2v) is 4.42. The summed E-state index contributed by atoms with van der Waals surface area (Å²) in [6, 6.07) is 8.38. The molecule has 0 bridgehead atoms. The van der Waals surface area contributed by atoms with E-state index in [-0.39, 0.29) is 0 Å². The van der Waals surface area contributed by atoms with Crippen molar-refractivity contribution in [1.29, 1.82) is 0 Å². The van der Waals surface area contributed by atoms with Gasteiger partial charge in [-0.05, 0) is 18.2 Å². The van der Waals surface area contributed by atoms with Gasteiger partial charge in [-0.3, -0.25) is 0 Å². The molecule has 16 heavy (non-hydrogen) atoms. The van der Waals surface area contributed by atoms with Gasteiger partial charge in [-0.15, -0.1) is 0 Å². The first-order valence-corrected chi connectivity index (χ1v) is 5.91. The zero-order valence-electron chi connectivity index (χ0n) is 9.45. The molecule has 3 nitrogen and oxygen atoms in total. The predicted octanol–water partition coefficient (Wildman–Crippen LogP) is 1.76. The van der Waals surface area contributed by atoms with Crippen LogP contribution in [0.5, 0.6) is 0 Å². The van der Waals surface area contributed by atoms with Crippen molar-refractivity contribution in [2.24, 2.45) is 0 Å². The number of nitrogens with one attached hydrogen (secondary N) is 1. The number of hydrogen-bond donors (Lipinski definition) is 1. The maximum Gasteiger partial charge on any atom is 0.0678 e. The molecule has 1 heterocycles. The van der Waals surface area contributed by atoms with Crippen molar-refractivity contribution in [3.8, 4) is 0 Å². The number of hydrogen-bond acceptors (Lipinski definition) is 3. The molecule has 0 aromatic heterocycles. The number of rotatable bonds is 3. The molecule has 0 aliphatic carbocycles. The minimum atomic E-state index is 0.386. The molecule has 0 saturated carbocycles. The minimum Gasteiger partial charge on any atom is -0.383 e. The van der Waals surface area contributed by atoms with Gasteiger partial charge in [0.15, 0.2) is 0 Å². The molecule has 1 aromatic rings. The fourth-order valence-corrected chi connectivity index (χ4v) is 2.28. The number of anilines is 1. The quantitative estimate of drug-likeness (QED) is 0.872. The molecule has 4 heteroatoms. The molecule has 88 valence electrons. The van der Waals surface area contributed by atoms with E-state index in [4.69, 9.17) is 16.3 Å². The molecule has 0 amide bonds. The number of nitrogens with zero attached hydrogens (tertiary/aromatic N) is 1. The number of piperazine rings is 1. The van der Waals surface area contributed by atoms with Crippen LogP contribution in [-0.4, -0.2) is 39.4 Å². The van der Waals surface area contributed by atoms with E-state index in [2.05, 4.69) is 16.3 Å². The molecule has 1 saturated heterocycles. The standard InChI is InChI=1S/C12H17ClN2O/c1-16-9-12-8-14-5-6-15(12)11-4-2-3-10(13)7-11/h2-4,7,12,14H,5-6,8-9H2,1H3. The van der Waals surface area contributed by atoms with Gasteiger partial charge in [0.05, 0.1) is 12.6 Å². The molecule has 1 unspecified atom stereocenters. The summed E-state index contributed by atoms with van der Waals surface area (Å²) in [7, 11) is 1.74. The van der Waals surface area contributed by atoms with Gasteiger partial charge in [0, 0.05) is 37.5 Å². The van der Waals surface area contributed by atoms with Crippen LogP contribution in [0.25, 0.3) is 0 Å². The predicted molar refractivity (Wildman–Crippen MR) is 67.3 cm³/mol. The van der Waals surface area contributed by atoms with Crippen molar-refractivity contribution in [2.75, 3.05) is 38.3 Å². The van der Waals surface area contributed by atoms with E-state index in [1.807, 2.05) is 18.2 Å². The van der Waals surface area contributed by atoms with Crippen molar-refractivity contribution in [2.45, 2.75) is 6.04 Å². The van der Waals surface area contributed by atoms with Gasteiger partial charge in [0.1, 0.15) is 0 Å². The summed E-state index contributed by atoms with van der Waals surface area (Å²) in [5.74, 6) is 0. The molecular formula is C12H17ClN2O. The lowest BCUT2D eigenvalue weighted by atomic mass is 10.1. The Balaban J connectivity index is 2.16. The fraction of sp³-hybridized carbons (Fsp3) is 0.500. The molecule has 1 aromatic carbocycles. The lowest BCUT2D eigenvalue weighted by Gasteiger charge is -2.37. The third kappa shape index (κ3) is 2.67. The van der Waals surface area contributed by atoms with Crippen LogP contribution in [0.2, 0.25) is 5.02 Å². The number of halogens is 1. The monoisotopic (exact) mass is 240 g/mol. The summed E-state index contributed by atoms with van der Waals surface area (Å²) < 4.78 is 5.25. The van der Waals surface area contributed by atoms with Crippen molar-refractivity contribution in [3.63, 3.8) is 0 Å². The number of methoxy groups -OCH3 is 1. The molecule has 0 spiro atoms. The highest BCUT2D eigenvalue weighted by atomic mass is 35.5. The van der Waals surface area contributed by atoms with Crippen LogP contribution in [0.1, 0.15) is 0 Å². The van der Waals surface area contributed by atoms with Crippen LogP contribution in [0, 0.1) is 0 Å². The van der Waals surface area contributed by atoms with Crippen molar-refractivity contribution in [3.05, 3.63) is 29.3 Å². The number of benzene rings is 1. The molecule has 1 N–H and O–H groups in total. The van der Waals surface area contributed by atoms with Gasteiger partial charge in [0.2, 0.25) is 0 Å². The Bertz CT molecular complexity index is 344. The molecule has 0 radical (unpaired) electrons. The average molecular weight is 241 g/mol. The van der Waals surface area contributed by atoms with Gasteiger partial charge >= 0.3 is 0 Å². The third-order valence-corrected chi connectivity index (χ3v) is 3.08. The maximum absolute atomic E-state index is 6.02. The largest absolute Gasteiger partial charge is 0.383 e. The number of ether oxygens (including phenoxy) is 1. The summed E-state index contributed by atoms with van der Waals surface area (Å²) in [5.41, 5.74) is 1.18. The van der Waals surface area contributed by atoms with Crippen LogP contribution in [-0.2, 0) is 4.74 Å². The maximum atomic E-state index is 6.02. The molecule has 1 fully saturated rings. The van der Waals surface area contributed by atoms with E-state index >= 15 is 0 Å². The van der Waals surface area contributed by atoms with E-state index in [0.717, 1.165) is 31.3 Å². The second kappa shape index (κ2) is 5.53. The highest BCUT2D eigenvalue weighted by Crippen LogP contribution is 2.22. The SMILES string of the molecule is COCC1CNCCN1c1cccc(Cl)c1. The molecule has 2 rings (SSSR count). The summed E-state index contributed by atoms with van der Waals surface area (Å²) in [4.78, 5) is 2.35. The van der Waals surface area contributed by atoms with Crippen LogP contribution in [0.3, 0.4) is 0 Å². The Morgan fingerprint density at radius 3 is 3.19 bits per heavy atom. The summed E-state index contributed by atoms with van der Waals surface area (Å²) >= 11 is 6.02. The lowest BCUT2D eigenvalue weighted by Crippen LogP contribution is -2.53. The Kier molecular flexibility index (Phi) is 4.04. The summed E-state index contributed by atoms with van der Waals surface area (Å²) in [5, 5.41) is 4.16. The topological polar surface area (TPSA) is 24.5 Å². The van der Waals surface area contributed by atoms with Gasteiger partial charge in [-0.1, -0.05) is 17.7 Å². The first-order chi connectivity index (χ1) is 7.81. The average Bonchev–Trinajstić information content (AvgIpc) is 2.30. The highest BCUT2D eigenvalue weighted by Gasteiger charge is 2.22. The molecular weight excluding hydrogens is 224 g/mol. The Labute approximate surface area is 101 Å². The van der Waals surface area contributed by atoms with Crippen molar-refractivity contribution < 1.29 is 4.74 Å². The van der Waals surface area contributed by atoms with Gasteiger partial charge in [-0.2, -0.15) is 0 Å². The summed E-state index contributed by atoms with van der Waals surface area (Å²) in [6.45, 7) is 3.70. The van der Waals surface area contributed by atoms with Crippen LogP contribution in [0.4, 0.5) is 5.69 Å². The van der Waals surface area contributed by atoms with Crippen LogP contribution in [0.15, 0.2) is 24.3 Å². The minimum absolute atomic E-state index is 0.386. The first kappa shape index (κ1) is 11.7. The van der Waals surface area contributed by atoms with Crippen molar-refractivity contribution in [1.82, 2.24) is 5.32 Å². The first-order valence-electron chi connectivity index (χ1n) is 5.53. The van der Waals surface area contributed by atoms with Crippen LogP contribution >= 0.6 is 11.6 Å².